The highest BCUT2D eigenvalue weighted by atomic mass is 35.5. The number of rotatable bonds is 3. The highest BCUT2D eigenvalue weighted by molar-refractivity contribution is 6.30. The second-order valence-corrected chi connectivity index (χ2v) is 5.32. The molecule has 1 atom stereocenters. The molecule has 0 aliphatic carbocycles. The first-order valence-corrected chi connectivity index (χ1v) is 6.70. The summed E-state index contributed by atoms with van der Waals surface area (Å²) in [5.41, 5.74) is 2.35. The van der Waals surface area contributed by atoms with E-state index in [2.05, 4.69) is 5.32 Å². The zero-order chi connectivity index (χ0) is 14.9. The number of benzene rings is 2. The van der Waals surface area contributed by atoms with Crippen LogP contribution in [0.5, 0.6) is 0 Å². The van der Waals surface area contributed by atoms with Crippen molar-refractivity contribution in [3.8, 4) is 0 Å². The van der Waals surface area contributed by atoms with Crippen molar-refractivity contribution < 1.29 is 8.78 Å². The zero-order valence-corrected chi connectivity index (χ0v) is 12.4. The van der Waals surface area contributed by atoms with Gasteiger partial charge in [-0.3, -0.25) is 0 Å². The van der Waals surface area contributed by atoms with Gasteiger partial charge in [-0.2, -0.15) is 0 Å². The molecule has 0 aliphatic rings. The van der Waals surface area contributed by atoms with Crippen molar-refractivity contribution >= 4 is 11.6 Å². The molecular formula is C16H16ClF2N. The molecule has 20 heavy (non-hydrogen) atoms. The Morgan fingerprint density at radius 1 is 1.05 bits per heavy atom. The Labute approximate surface area is 122 Å². The Balaban J connectivity index is 2.55. The Morgan fingerprint density at radius 2 is 1.75 bits per heavy atom. The lowest BCUT2D eigenvalue weighted by Gasteiger charge is -2.19. The summed E-state index contributed by atoms with van der Waals surface area (Å²) in [4.78, 5) is 0. The summed E-state index contributed by atoms with van der Waals surface area (Å²) in [6.07, 6.45) is 0. The fraction of sp³-hybridized carbons (Fsp3) is 0.250. The van der Waals surface area contributed by atoms with Crippen molar-refractivity contribution in [1.29, 1.82) is 0 Å². The molecule has 0 saturated heterocycles. The molecule has 106 valence electrons. The van der Waals surface area contributed by atoms with E-state index in [4.69, 9.17) is 11.6 Å². The Morgan fingerprint density at radius 3 is 2.35 bits per heavy atom. The van der Waals surface area contributed by atoms with Gasteiger partial charge >= 0.3 is 0 Å². The highest BCUT2D eigenvalue weighted by Crippen LogP contribution is 2.29. The molecule has 2 rings (SSSR count). The van der Waals surface area contributed by atoms with E-state index in [9.17, 15) is 8.78 Å². The van der Waals surface area contributed by atoms with Crippen molar-refractivity contribution in [3.05, 3.63) is 69.2 Å². The second-order valence-electron chi connectivity index (χ2n) is 4.88. The third-order valence-electron chi connectivity index (χ3n) is 3.30. The molecule has 0 spiro atoms. The standard InChI is InChI=1S/C16H16ClF2N/c1-9-6-11(8-12(17)7-9)16(20-3)13-5-4-10(2)14(18)15(13)19/h4-8,16,20H,1-3H3. The first kappa shape index (κ1) is 14.9. The summed E-state index contributed by atoms with van der Waals surface area (Å²) < 4.78 is 27.9. The SMILES string of the molecule is CNC(c1cc(C)cc(Cl)c1)c1ccc(C)c(F)c1F. The van der Waals surface area contributed by atoms with Crippen molar-refractivity contribution in [2.45, 2.75) is 19.9 Å². The van der Waals surface area contributed by atoms with E-state index in [0.29, 0.717) is 10.6 Å². The van der Waals surface area contributed by atoms with Gasteiger partial charge in [0.2, 0.25) is 0 Å². The highest BCUT2D eigenvalue weighted by Gasteiger charge is 2.20. The number of aryl methyl sites for hydroxylation is 2. The Bertz CT molecular complexity index is 620. The van der Waals surface area contributed by atoms with E-state index in [1.54, 1.807) is 32.2 Å². The van der Waals surface area contributed by atoms with Crippen molar-refractivity contribution in [3.63, 3.8) is 0 Å². The minimum absolute atomic E-state index is 0.275. The Kier molecular flexibility index (Phi) is 4.41. The lowest BCUT2D eigenvalue weighted by atomic mass is 9.96. The van der Waals surface area contributed by atoms with Gasteiger partial charge in [0.05, 0.1) is 6.04 Å². The fourth-order valence-electron chi connectivity index (χ4n) is 2.32. The molecule has 0 aromatic heterocycles. The fourth-order valence-corrected chi connectivity index (χ4v) is 2.61. The van der Waals surface area contributed by atoms with Gasteiger partial charge in [0.1, 0.15) is 0 Å². The maximum absolute atomic E-state index is 14.1. The average molecular weight is 296 g/mol. The zero-order valence-electron chi connectivity index (χ0n) is 11.6. The number of nitrogens with one attached hydrogen (secondary N) is 1. The van der Waals surface area contributed by atoms with Crippen LogP contribution < -0.4 is 5.32 Å². The van der Waals surface area contributed by atoms with E-state index in [1.165, 1.54) is 0 Å². The maximum Gasteiger partial charge on any atom is 0.164 e. The van der Waals surface area contributed by atoms with Gasteiger partial charge in [-0.1, -0.05) is 29.8 Å². The third kappa shape index (κ3) is 2.84. The molecule has 0 fully saturated rings. The van der Waals surface area contributed by atoms with E-state index < -0.39 is 17.7 Å². The van der Waals surface area contributed by atoms with Crippen LogP contribution in [0.25, 0.3) is 0 Å². The van der Waals surface area contributed by atoms with E-state index in [-0.39, 0.29) is 5.56 Å². The van der Waals surface area contributed by atoms with Gasteiger partial charge in [0.25, 0.3) is 0 Å². The molecule has 2 aromatic rings. The van der Waals surface area contributed by atoms with Gasteiger partial charge in [0.15, 0.2) is 11.6 Å². The summed E-state index contributed by atoms with van der Waals surface area (Å²) in [7, 11) is 1.71. The molecule has 2 aromatic carbocycles. The first-order chi connectivity index (χ1) is 9.43. The summed E-state index contributed by atoms with van der Waals surface area (Å²) in [6, 6.07) is 8.23. The smallest absolute Gasteiger partial charge is 0.164 e. The lowest BCUT2D eigenvalue weighted by molar-refractivity contribution is 0.482. The van der Waals surface area contributed by atoms with Crippen LogP contribution >= 0.6 is 11.6 Å². The first-order valence-electron chi connectivity index (χ1n) is 6.33. The van der Waals surface area contributed by atoms with Gasteiger partial charge in [-0.15, -0.1) is 0 Å². The number of hydrogen-bond acceptors (Lipinski definition) is 1. The van der Waals surface area contributed by atoms with Crippen molar-refractivity contribution in [2.75, 3.05) is 7.05 Å². The largest absolute Gasteiger partial charge is 0.309 e. The van der Waals surface area contributed by atoms with Crippen LogP contribution in [0.2, 0.25) is 5.02 Å². The molecule has 0 amide bonds. The van der Waals surface area contributed by atoms with Gasteiger partial charge in [-0.25, -0.2) is 8.78 Å². The number of halogens is 3. The van der Waals surface area contributed by atoms with Crippen LogP contribution in [0.1, 0.15) is 28.3 Å². The minimum atomic E-state index is -0.818. The normalized spacial score (nSPS) is 12.5. The van der Waals surface area contributed by atoms with Crippen LogP contribution in [0, 0.1) is 25.5 Å². The number of hydrogen-bond donors (Lipinski definition) is 1. The van der Waals surface area contributed by atoms with E-state index >= 15 is 0 Å². The quantitative estimate of drug-likeness (QED) is 0.876. The molecule has 0 saturated carbocycles. The predicted octanol–water partition coefficient (Wildman–Crippen LogP) is 4.54. The maximum atomic E-state index is 14.1. The van der Waals surface area contributed by atoms with Gasteiger partial charge in [-0.05, 0) is 49.7 Å². The van der Waals surface area contributed by atoms with Gasteiger partial charge < -0.3 is 5.32 Å². The predicted molar refractivity (Wildman–Crippen MR) is 78.2 cm³/mol. The molecule has 0 heterocycles. The van der Waals surface area contributed by atoms with Crippen molar-refractivity contribution in [1.82, 2.24) is 5.32 Å². The Hall–Kier alpha value is -1.45. The molecule has 4 heteroatoms. The summed E-state index contributed by atoms with van der Waals surface area (Å²) in [5, 5.41) is 3.59. The summed E-state index contributed by atoms with van der Waals surface area (Å²) >= 11 is 6.04. The van der Waals surface area contributed by atoms with Crippen LogP contribution in [0.3, 0.4) is 0 Å². The van der Waals surface area contributed by atoms with E-state index in [1.807, 2.05) is 19.1 Å². The summed E-state index contributed by atoms with van der Waals surface area (Å²) in [5.74, 6) is -1.62. The van der Waals surface area contributed by atoms with Crippen LogP contribution in [0.15, 0.2) is 30.3 Å². The molecule has 1 N–H and O–H groups in total. The topological polar surface area (TPSA) is 12.0 Å². The van der Waals surface area contributed by atoms with Crippen LogP contribution in [0.4, 0.5) is 8.78 Å². The van der Waals surface area contributed by atoms with Crippen LogP contribution in [-0.4, -0.2) is 7.05 Å². The average Bonchev–Trinajstić information content (AvgIpc) is 2.38. The summed E-state index contributed by atoms with van der Waals surface area (Å²) in [6.45, 7) is 3.45. The third-order valence-corrected chi connectivity index (χ3v) is 3.52. The van der Waals surface area contributed by atoms with Gasteiger partial charge in [0, 0.05) is 10.6 Å². The molecule has 0 bridgehead atoms. The molecule has 0 aliphatic heterocycles. The van der Waals surface area contributed by atoms with Crippen molar-refractivity contribution in [2.24, 2.45) is 0 Å². The van der Waals surface area contributed by atoms with E-state index in [0.717, 1.165) is 11.1 Å². The minimum Gasteiger partial charge on any atom is -0.309 e. The molecule has 0 radical (unpaired) electrons. The second kappa shape index (κ2) is 5.90. The monoisotopic (exact) mass is 295 g/mol. The molecule has 1 unspecified atom stereocenters. The molecular weight excluding hydrogens is 280 g/mol. The van der Waals surface area contributed by atoms with Crippen LogP contribution in [-0.2, 0) is 0 Å². The lowest BCUT2D eigenvalue weighted by Crippen LogP contribution is -2.20. The molecule has 1 nitrogen and oxygen atoms in total.